The van der Waals surface area contributed by atoms with Crippen molar-refractivity contribution in [3.8, 4) is 11.4 Å². The molecule has 7 heteroatoms. The van der Waals surface area contributed by atoms with Crippen molar-refractivity contribution < 1.29 is 4.52 Å². The third-order valence-corrected chi connectivity index (χ3v) is 4.70. The molecule has 4 rings (SSSR count). The highest BCUT2D eigenvalue weighted by Crippen LogP contribution is 2.20. The van der Waals surface area contributed by atoms with E-state index in [1.165, 1.54) is 12.8 Å². The standard InChI is InChI=1S/C18H22N6O/c1-2-6-15(7-3-1)18-21-17(25-22-18)9-5-11-23-10-4-8-16(23)12-24-14-19-13-20-24/h1-3,6-7,13-14,16H,4-5,8-12H2. The van der Waals surface area contributed by atoms with E-state index in [9.17, 15) is 0 Å². The molecule has 3 heterocycles. The van der Waals surface area contributed by atoms with E-state index in [0.29, 0.717) is 17.8 Å². The van der Waals surface area contributed by atoms with Crippen molar-refractivity contribution in [2.45, 2.75) is 38.3 Å². The summed E-state index contributed by atoms with van der Waals surface area (Å²) in [6, 6.07) is 10.5. The summed E-state index contributed by atoms with van der Waals surface area (Å²) in [5.74, 6) is 1.38. The van der Waals surface area contributed by atoms with Gasteiger partial charge in [0.1, 0.15) is 12.7 Å². The average Bonchev–Trinajstić information content (AvgIpc) is 3.39. The molecule has 2 aromatic heterocycles. The maximum absolute atomic E-state index is 5.39. The molecule has 1 fully saturated rings. The normalized spacial score (nSPS) is 18.0. The van der Waals surface area contributed by atoms with Crippen LogP contribution in [0.3, 0.4) is 0 Å². The number of benzene rings is 1. The topological polar surface area (TPSA) is 72.9 Å². The van der Waals surface area contributed by atoms with E-state index in [1.807, 2.05) is 35.0 Å². The van der Waals surface area contributed by atoms with Gasteiger partial charge < -0.3 is 4.52 Å². The second-order valence-corrected chi connectivity index (χ2v) is 6.43. The Balaban J connectivity index is 1.28. The van der Waals surface area contributed by atoms with E-state index >= 15 is 0 Å². The first-order chi connectivity index (χ1) is 12.4. The SMILES string of the molecule is c1ccc(-c2noc(CCCN3CCCC3Cn3cncn3)n2)cc1. The van der Waals surface area contributed by atoms with Gasteiger partial charge in [0.05, 0.1) is 6.54 Å². The molecule has 1 atom stereocenters. The van der Waals surface area contributed by atoms with Gasteiger partial charge in [0.25, 0.3) is 0 Å². The Hall–Kier alpha value is -2.54. The molecule has 0 bridgehead atoms. The van der Waals surface area contributed by atoms with Gasteiger partial charge >= 0.3 is 0 Å². The fourth-order valence-electron chi connectivity index (χ4n) is 3.43. The third kappa shape index (κ3) is 3.93. The number of rotatable bonds is 7. The number of aryl methyl sites for hydroxylation is 1. The summed E-state index contributed by atoms with van der Waals surface area (Å²) in [5, 5.41) is 8.30. The summed E-state index contributed by atoms with van der Waals surface area (Å²) >= 11 is 0. The minimum absolute atomic E-state index is 0.546. The minimum Gasteiger partial charge on any atom is -0.339 e. The van der Waals surface area contributed by atoms with Crippen molar-refractivity contribution in [3.05, 3.63) is 48.9 Å². The van der Waals surface area contributed by atoms with Crippen molar-refractivity contribution in [1.29, 1.82) is 0 Å². The molecular formula is C18H22N6O. The molecule has 0 spiro atoms. The van der Waals surface area contributed by atoms with Crippen LogP contribution in [0.2, 0.25) is 0 Å². The monoisotopic (exact) mass is 338 g/mol. The second kappa shape index (κ2) is 7.57. The average molecular weight is 338 g/mol. The number of hydrogen-bond acceptors (Lipinski definition) is 6. The Morgan fingerprint density at radius 3 is 2.96 bits per heavy atom. The zero-order valence-corrected chi connectivity index (χ0v) is 14.2. The molecular weight excluding hydrogens is 316 g/mol. The lowest BCUT2D eigenvalue weighted by Gasteiger charge is -2.23. The molecule has 1 unspecified atom stereocenters. The highest BCUT2D eigenvalue weighted by Gasteiger charge is 2.24. The van der Waals surface area contributed by atoms with Crippen molar-refractivity contribution in [1.82, 2.24) is 29.8 Å². The van der Waals surface area contributed by atoms with Crippen LogP contribution in [-0.4, -0.2) is 48.9 Å². The lowest BCUT2D eigenvalue weighted by molar-refractivity contribution is 0.222. The van der Waals surface area contributed by atoms with Gasteiger partial charge in [0, 0.05) is 18.0 Å². The Morgan fingerprint density at radius 1 is 1.20 bits per heavy atom. The van der Waals surface area contributed by atoms with Crippen LogP contribution < -0.4 is 0 Å². The molecule has 25 heavy (non-hydrogen) atoms. The molecule has 0 amide bonds. The van der Waals surface area contributed by atoms with Gasteiger partial charge in [-0.2, -0.15) is 10.1 Å². The van der Waals surface area contributed by atoms with Gasteiger partial charge in [-0.1, -0.05) is 35.5 Å². The molecule has 1 aromatic carbocycles. The van der Waals surface area contributed by atoms with E-state index in [4.69, 9.17) is 4.52 Å². The van der Waals surface area contributed by atoms with E-state index in [-0.39, 0.29) is 0 Å². The Labute approximate surface area is 146 Å². The fraction of sp³-hybridized carbons (Fsp3) is 0.444. The van der Waals surface area contributed by atoms with Crippen LogP contribution in [0.1, 0.15) is 25.2 Å². The van der Waals surface area contributed by atoms with Gasteiger partial charge in [-0.05, 0) is 32.4 Å². The molecule has 1 aliphatic rings. The zero-order chi connectivity index (χ0) is 16.9. The van der Waals surface area contributed by atoms with E-state index < -0.39 is 0 Å². The predicted octanol–water partition coefficient (Wildman–Crippen LogP) is 2.43. The maximum Gasteiger partial charge on any atom is 0.227 e. The largest absolute Gasteiger partial charge is 0.339 e. The molecule has 1 saturated heterocycles. The third-order valence-electron chi connectivity index (χ3n) is 4.70. The summed E-state index contributed by atoms with van der Waals surface area (Å²) in [6.07, 6.45) is 7.69. The van der Waals surface area contributed by atoms with Crippen LogP contribution in [0.5, 0.6) is 0 Å². The lowest BCUT2D eigenvalue weighted by atomic mass is 10.2. The van der Waals surface area contributed by atoms with Gasteiger partial charge in [-0.15, -0.1) is 0 Å². The first-order valence-electron chi connectivity index (χ1n) is 8.83. The van der Waals surface area contributed by atoms with Crippen LogP contribution >= 0.6 is 0 Å². The first-order valence-corrected chi connectivity index (χ1v) is 8.83. The molecule has 0 aliphatic carbocycles. The van der Waals surface area contributed by atoms with Crippen LogP contribution in [0.25, 0.3) is 11.4 Å². The van der Waals surface area contributed by atoms with Crippen LogP contribution in [0, 0.1) is 0 Å². The van der Waals surface area contributed by atoms with E-state index in [1.54, 1.807) is 12.7 Å². The smallest absolute Gasteiger partial charge is 0.227 e. The second-order valence-electron chi connectivity index (χ2n) is 6.43. The molecule has 7 nitrogen and oxygen atoms in total. The van der Waals surface area contributed by atoms with Crippen molar-refractivity contribution >= 4 is 0 Å². The molecule has 1 aliphatic heterocycles. The van der Waals surface area contributed by atoms with E-state index in [0.717, 1.165) is 38.0 Å². The Kier molecular flexibility index (Phi) is 4.83. The molecule has 130 valence electrons. The summed E-state index contributed by atoms with van der Waals surface area (Å²) in [7, 11) is 0. The summed E-state index contributed by atoms with van der Waals surface area (Å²) in [5.41, 5.74) is 0.991. The molecule has 0 saturated carbocycles. The van der Waals surface area contributed by atoms with Gasteiger partial charge in [0.15, 0.2) is 0 Å². The minimum atomic E-state index is 0.546. The Morgan fingerprint density at radius 2 is 2.12 bits per heavy atom. The van der Waals surface area contributed by atoms with E-state index in [2.05, 4.69) is 25.1 Å². The van der Waals surface area contributed by atoms with Crippen LogP contribution in [0.4, 0.5) is 0 Å². The quantitative estimate of drug-likeness (QED) is 0.659. The molecule has 0 radical (unpaired) electrons. The number of likely N-dealkylation sites (tertiary alicyclic amines) is 1. The molecule has 3 aromatic rings. The summed E-state index contributed by atoms with van der Waals surface area (Å²) < 4.78 is 7.32. The van der Waals surface area contributed by atoms with Crippen LogP contribution in [-0.2, 0) is 13.0 Å². The summed E-state index contributed by atoms with van der Waals surface area (Å²) in [4.78, 5) is 11.1. The van der Waals surface area contributed by atoms with Crippen molar-refractivity contribution in [2.24, 2.45) is 0 Å². The fourth-order valence-corrected chi connectivity index (χ4v) is 3.43. The highest BCUT2D eigenvalue weighted by atomic mass is 16.5. The number of hydrogen-bond donors (Lipinski definition) is 0. The van der Waals surface area contributed by atoms with Crippen molar-refractivity contribution in [3.63, 3.8) is 0 Å². The zero-order valence-electron chi connectivity index (χ0n) is 14.2. The molecule has 0 N–H and O–H groups in total. The highest BCUT2D eigenvalue weighted by molar-refractivity contribution is 5.53. The van der Waals surface area contributed by atoms with Gasteiger partial charge in [0.2, 0.25) is 11.7 Å². The van der Waals surface area contributed by atoms with Gasteiger partial charge in [-0.3, -0.25) is 9.58 Å². The first kappa shape index (κ1) is 16.0. The summed E-state index contributed by atoms with van der Waals surface area (Å²) in [6.45, 7) is 3.11. The number of nitrogens with zero attached hydrogens (tertiary/aromatic N) is 6. The predicted molar refractivity (Wildman–Crippen MR) is 92.7 cm³/mol. The van der Waals surface area contributed by atoms with Crippen molar-refractivity contribution in [2.75, 3.05) is 13.1 Å². The number of aromatic nitrogens is 5. The lowest BCUT2D eigenvalue weighted by Crippen LogP contribution is -2.34. The Bertz CT molecular complexity index is 770. The van der Waals surface area contributed by atoms with Crippen LogP contribution in [0.15, 0.2) is 47.5 Å². The van der Waals surface area contributed by atoms with Gasteiger partial charge in [-0.25, -0.2) is 4.98 Å². The maximum atomic E-state index is 5.39.